The summed E-state index contributed by atoms with van der Waals surface area (Å²) >= 11 is 0. The van der Waals surface area contributed by atoms with E-state index < -0.39 is 5.91 Å². The monoisotopic (exact) mass is 589 g/mol. The summed E-state index contributed by atoms with van der Waals surface area (Å²) in [5, 5.41) is 10.0. The topological polar surface area (TPSA) is 120 Å². The number of rotatable bonds is 10. The van der Waals surface area contributed by atoms with Crippen LogP contribution in [0.3, 0.4) is 0 Å². The summed E-state index contributed by atoms with van der Waals surface area (Å²) in [6, 6.07) is 20.6. The van der Waals surface area contributed by atoms with Crippen LogP contribution in [0.15, 0.2) is 103 Å². The third-order valence-corrected chi connectivity index (χ3v) is 7.47. The summed E-state index contributed by atoms with van der Waals surface area (Å²) in [7, 11) is 3.97. The lowest BCUT2D eigenvalue weighted by molar-refractivity contribution is -0.115. The largest absolute Gasteiger partial charge is 0.355 e. The summed E-state index contributed by atoms with van der Waals surface area (Å²) in [6.45, 7) is 1.91. The van der Waals surface area contributed by atoms with E-state index in [1.807, 2.05) is 60.5 Å². The smallest absolute Gasteiger partial charge is 0.270 e. The first kappa shape index (κ1) is 30.1. The summed E-state index contributed by atoms with van der Waals surface area (Å²) in [5.74, 6) is -0.704. The number of benzene rings is 2. The van der Waals surface area contributed by atoms with Crippen LogP contribution in [0.25, 0.3) is 10.9 Å². The molecule has 0 aliphatic carbocycles. The number of carbonyl (C=O) groups is 3. The van der Waals surface area contributed by atoms with Gasteiger partial charge in [0.05, 0.1) is 17.3 Å². The molecule has 2 aromatic heterocycles. The van der Waals surface area contributed by atoms with Crippen LogP contribution in [0.2, 0.25) is 0 Å². The van der Waals surface area contributed by atoms with E-state index in [2.05, 4.69) is 37.9 Å². The molecule has 4 aromatic rings. The Balaban J connectivity index is 1.22. The van der Waals surface area contributed by atoms with E-state index in [1.165, 1.54) is 6.08 Å². The quantitative estimate of drug-likeness (QED) is 0.0785. The number of carbonyl (C=O) groups excluding carboxylic acids is 3. The third kappa shape index (κ3) is 7.73. The molecule has 10 heteroatoms. The average molecular weight is 590 g/mol. The molecule has 224 valence electrons. The van der Waals surface area contributed by atoms with Gasteiger partial charge in [-0.2, -0.15) is 0 Å². The number of piperidine rings is 1. The summed E-state index contributed by atoms with van der Waals surface area (Å²) < 4.78 is 0. The van der Waals surface area contributed by atoms with Crippen molar-refractivity contribution in [3.63, 3.8) is 0 Å². The minimum Gasteiger partial charge on any atom is -0.355 e. The molecule has 1 aliphatic heterocycles. The highest BCUT2D eigenvalue weighted by Gasteiger charge is 2.20. The first-order chi connectivity index (χ1) is 21.4. The van der Waals surface area contributed by atoms with Crippen molar-refractivity contribution in [2.45, 2.75) is 18.9 Å². The Bertz CT molecular complexity index is 1680. The van der Waals surface area contributed by atoms with Crippen LogP contribution >= 0.6 is 0 Å². The van der Waals surface area contributed by atoms with Crippen LogP contribution < -0.4 is 20.9 Å². The SMILES string of the molecule is CN1CCC(NC(=O)c2cc3c(Nc4ccc(NC(=O)/C(C=O)=C/C=C\N(C)c5ccccc5)cc4)ccnc3cn2)CC1. The van der Waals surface area contributed by atoms with Gasteiger partial charge in [0.2, 0.25) is 0 Å². The van der Waals surface area contributed by atoms with Crippen molar-refractivity contribution >= 4 is 51.8 Å². The first-order valence-corrected chi connectivity index (χ1v) is 14.4. The number of nitrogens with one attached hydrogen (secondary N) is 3. The lowest BCUT2D eigenvalue weighted by Gasteiger charge is -2.29. The highest BCUT2D eigenvalue weighted by molar-refractivity contribution is 6.16. The Morgan fingerprint density at radius 1 is 0.977 bits per heavy atom. The Labute approximate surface area is 256 Å². The van der Waals surface area contributed by atoms with E-state index in [-0.39, 0.29) is 17.5 Å². The van der Waals surface area contributed by atoms with Crippen LogP contribution in [0.5, 0.6) is 0 Å². The lowest BCUT2D eigenvalue weighted by Crippen LogP contribution is -2.43. The first-order valence-electron chi connectivity index (χ1n) is 14.4. The lowest BCUT2D eigenvalue weighted by atomic mass is 10.1. The molecule has 0 unspecified atom stereocenters. The van der Waals surface area contributed by atoms with E-state index >= 15 is 0 Å². The zero-order valence-electron chi connectivity index (χ0n) is 24.7. The van der Waals surface area contributed by atoms with Crippen LogP contribution in [0.4, 0.5) is 22.7 Å². The molecular weight excluding hydrogens is 554 g/mol. The number of aromatic nitrogens is 2. The number of aldehydes is 1. The Morgan fingerprint density at radius 3 is 2.43 bits per heavy atom. The molecule has 3 heterocycles. The van der Waals surface area contributed by atoms with Crippen molar-refractivity contribution in [3.05, 3.63) is 109 Å². The Hall–Kier alpha value is -5.35. The highest BCUT2D eigenvalue weighted by Crippen LogP contribution is 2.26. The van der Waals surface area contributed by atoms with Gasteiger partial charge in [0, 0.05) is 53.6 Å². The highest BCUT2D eigenvalue weighted by atomic mass is 16.2. The molecule has 0 radical (unpaired) electrons. The molecule has 2 amide bonds. The maximum atomic E-state index is 13.0. The van der Waals surface area contributed by atoms with Gasteiger partial charge in [-0.3, -0.25) is 19.4 Å². The maximum Gasteiger partial charge on any atom is 0.270 e. The molecule has 1 saturated heterocycles. The number of fused-ring (bicyclic) bond motifs is 1. The number of likely N-dealkylation sites (tertiary alicyclic amines) is 1. The van der Waals surface area contributed by atoms with Crippen LogP contribution in [-0.2, 0) is 9.59 Å². The van der Waals surface area contributed by atoms with E-state index in [1.54, 1.807) is 42.9 Å². The van der Waals surface area contributed by atoms with Crippen molar-refractivity contribution in [1.29, 1.82) is 0 Å². The Morgan fingerprint density at radius 2 is 1.70 bits per heavy atom. The van der Waals surface area contributed by atoms with Crippen molar-refractivity contribution < 1.29 is 14.4 Å². The predicted octanol–water partition coefficient (Wildman–Crippen LogP) is 4.91. The van der Waals surface area contributed by atoms with Crippen LogP contribution in [0.1, 0.15) is 23.3 Å². The number of pyridine rings is 2. The number of allylic oxidation sites excluding steroid dienone is 2. The third-order valence-electron chi connectivity index (χ3n) is 7.47. The molecule has 44 heavy (non-hydrogen) atoms. The maximum absolute atomic E-state index is 13.0. The number of para-hydroxylation sites is 1. The molecule has 0 bridgehead atoms. The minimum atomic E-state index is -0.508. The van der Waals surface area contributed by atoms with E-state index in [0.29, 0.717) is 23.2 Å². The zero-order chi connectivity index (χ0) is 30.9. The van der Waals surface area contributed by atoms with Gasteiger partial charge in [0.15, 0.2) is 6.29 Å². The molecule has 2 aromatic carbocycles. The second-order valence-electron chi connectivity index (χ2n) is 10.7. The molecule has 1 aliphatic rings. The standard InChI is InChI=1S/C34H35N7O3/c1-40-19-15-27(16-20-40)39-34(44)31-21-29-30(14-17-35-32(29)22-36-31)37-25-10-12-26(13-11-25)38-33(43)24(23-42)7-6-18-41(2)28-8-4-3-5-9-28/h3-14,17-18,21-23,27H,15-16,19-20H2,1-2H3,(H,35,37)(H,38,43)(H,39,44)/b18-6-,24-7+. The molecule has 1 fully saturated rings. The fourth-order valence-electron chi connectivity index (χ4n) is 4.88. The number of hydrogen-bond donors (Lipinski definition) is 3. The molecule has 0 spiro atoms. The van der Waals surface area contributed by atoms with Crippen molar-refractivity contribution in [2.75, 3.05) is 42.7 Å². The Kier molecular flexibility index (Phi) is 9.73. The second-order valence-corrected chi connectivity index (χ2v) is 10.7. The molecule has 0 atom stereocenters. The number of nitrogens with zero attached hydrogens (tertiary/aromatic N) is 4. The summed E-state index contributed by atoms with van der Waals surface area (Å²) in [6.07, 6.45) is 10.5. The normalized spacial score (nSPS) is 14.4. The van der Waals surface area contributed by atoms with Gasteiger partial charge in [0.1, 0.15) is 5.69 Å². The number of amides is 2. The molecular formula is C34H35N7O3. The minimum absolute atomic E-state index is 0.00237. The van der Waals surface area contributed by atoms with Gasteiger partial charge in [0.25, 0.3) is 11.8 Å². The van der Waals surface area contributed by atoms with Gasteiger partial charge >= 0.3 is 0 Å². The van der Waals surface area contributed by atoms with E-state index in [9.17, 15) is 14.4 Å². The fraction of sp³-hybridized carbons (Fsp3) is 0.206. The summed E-state index contributed by atoms with van der Waals surface area (Å²) in [5.41, 5.74) is 4.04. The summed E-state index contributed by atoms with van der Waals surface area (Å²) in [4.78, 5) is 50.2. The molecule has 5 rings (SSSR count). The van der Waals surface area contributed by atoms with Gasteiger partial charge < -0.3 is 25.8 Å². The van der Waals surface area contributed by atoms with Crippen molar-refractivity contribution in [2.24, 2.45) is 0 Å². The zero-order valence-corrected chi connectivity index (χ0v) is 24.7. The van der Waals surface area contributed by atoms with Gasteiger partial charge in [-0.25, -0.2) is 4.98 Å². The molecule has 0 saturated carbocycles. The van der Waals surface area contributed by atoms with E-state index in [0.717, 1.165) is 48.4 Å². The molecule has 10 nitrogen and oxygen atoms in total. The fourth-order valence-corrected chi connectivity index (χ4v) is 4.88. The van der Waals surface area contributed by atoms with Gasteiger partial charge in [-0.1, -0.05) is 18.2 Å². The molecule has 3 N–H and O–H groups in total. The number of hydrogen-bond acceptors (Lipinski definition) is 8. The van der Waals surface area contributed by atoms with Crippen molar-refractivity contribution in [1.82, 2.24) is 20.2 Å². The van der Waals surface area contributed by atoms with Crippen LogP contribution in [0, 0.1) is 0 Å². The van der Waals surface area contributed by atoms with Crippen molar-refractivity contribution in [3.8, 4) is 0 Å². The second kappa shape index (κ2) is 14.2. The average Bonchev–Trinajstić information content (AvgIpc) is 3.05. The van der Waals surface area contributed by atoms with E-state index in [4.69, 9.17) is 0 Å². The van der Waals surface area contributed by atoms with Gasteiger partial charge in [-0.05, 0) is 93.7 Å². The van der Waals surface area contributed by atoms with Crippen LogP contribution in [-0.4, -0.2) is 66.2 Å². The number of anilines is 4. The van der Waals surface area contributed by atoms with Gasteiger partial charge in [-0.15, -0.1) is 0 Å². The predicted molar refractivity (Wildman–Crippen MR) is 174 cm³/mol.